The second-order valence-electron chi connectivity index (χ2n) is 6.56. The zero-order chi connectivity index (χ0) is 17.1. The maximum Gasteiger partial charge on any atom is 0.257 e. The molecule has 1 aliphatic carbocycles. The molecule has 0 unspecified atom stereocenters. The van der Waals surface area contributed by atoms with Crippen molar-refractivity contribution in [3.8, 4) is 11.5 Å². The molecular weight excluding hydrogens is 308 g/mol. The minimum Gasteiger partial charge on any atom is -0.497 e. The third kappa shape index (κ3) is 3.82. The minimum atomic E-state index is -0.214. The lowest BCUT2D eigenvalue weighted by Crippen LogP contribution is -2.50. The molecule has 1 aliphatic heterocycles. The predicted molar refractivity (Wildman–Crippen MR) is 90.6 cm³/mol. The summed E-state index contributed by atoms with van der Waals surface area (Å²) in [5.74, 6) is 1.68. The fraction of sp³-hybridized carbons (Fsp3) is 0.611. The summed E-state index contributed by atoms with van der Waals surface area (Å²) in [5.41, 5.74) is 0.560. The molecule has 24 heavy (non-hydrogen) atoms. The summed E-state index contributed by atoms with van der Waals surface area (Å²) in [6.45, 7) is 3.66. The number of carbonyl (C=O) groups is 1. The maximum absolute atomic E-state index is 12.8. The van der Waals surface area contributed by atoms with Gasteiger partial charge in [-0.2, -0.15) is 0 Å². The highest BCUT2D eigenvalue weighted by molar-refractivity contribution is 5.97. The van der Waals surface area contributed by atoms with Gasteiger partial charge in [-0.05, 0) is 30.9 Å². The third-order valence-electron chi connectivity index (χ3n) is 4.91. The van der Waals surface area contributed by atoms with Crippen LogP contribution in [0.1, 0.15) is 23.2 Å². The largest absolute Gasteiger partial charge is 0.497 e. The van der Waals surface area contributed by atoms with Gasteiger partial charge < -0.3 is 19.5 Å². The summed E-state index contributed by atoms with van der Waals surface area (Å²) in [5, 5.41) is 10.1. The number of ether oxygens (including phenoxy) is 2. The van der Waals surface area contributed by atoms with E-state index in [-0.39, 0.29) is 12.0 Å². The van der Waals surface area contributed by atoms with Crippen molar-refractivity contribution in [2.45, 2.75) is 18.9 Å². The van der Waals surface area contributed by atoms with Crippen LogP contribution in [0.3, 0.4) is 0 Å². The Bertz CT molecular complexity index is 580. The molecule has 1 aromatic rings. The van der Waals surface area contributed by atoms with Gasteiger partial charge in [0.1, 0.15) is 11.5 Å². The zero-order valence-electron chi connectivity index (χ0n) is 14.4. The molecule has 0 spiro atoms. The maximum atomic E-state index is 12.8. The van der Waals surface area contributed by atoms with Crippen molar-refractivity contribution < 1.29 is 19.4 Å². The number of piperazine rings is 1. The van der Waals surface area contributed by atoms with Crippen LogP contribution in [0.2, 0.25) is 0 Å². The Kier molecular flexibility index (Phi) is 5.26. The molecule has 6 heteroatoms. The molecule has 6 nitrogen and oxygen atoms in total. The van der Waals surface area contributed by atoms with E-state index < -0.39 is 0 Å². The fourth-order valence-electron chi connectivity index (χ4n) is 3.17. The molecule has 0 aromatic heterocycles. The number of benzene rings is 1. The van der Waals surface area contributed by atoms with E-state index in [1.165, 1.54) is 0 Å². The number of aliphatic hydroxyl groups is 1. The van der Waals surface area contributed by atoms with Gasteiger partial charge in [0.2, 0.25) is 0 Å². The van der Waals surface area contributed by atoms with Gasteiger partial charge in [0.25, 0.3) is 5.91 Å². The van der Waals surface area contributed by atoms with Crippen LogP contribution in [0.15, 0.2) is 18.2 Å². The summed E-state index contributed by atoms with van der Waals surface area (Å²) >= 11 is 0. The summed E-state index contributed by atoms with van der Waals surface area (Å²) in [6.07, 6.45) is 2.09. The molecule has 1 saturated carbocycles. The van der Waals surface area contributed by atoms with E-state index in [4.69, 9.17) is 9.47 Å². The molecule has 1 atom stereocenters. The van der Waals surface area contributed by atoms with E-state index >= 15 is 0 Å². The molecule has 1 amide bonds. The van der Waals surface area contributed by atoms with Crippen molar-refractivity contribution >= 4 is 5.91 Å². The summed E-state index contributed by atoms with van der Waals surface area (Å²) in [4.78, 5) is 16.9. The Morgan fingerprint density at radius 2 is 1.92 bits per heavy atom. The van der Waals surface area contributed by atoms with Crippen LogP contribution in [-0.4, -0.2) is 73.9 Å². The van der Waals surface area contributed by atoms with Gasteiger partial charge in [0.15, 0.2) is 0 Å². The molecule has 1 aromatic carbocycles. The second kappa shape index (κ2) is 7.40. The minimum absolute atomic E-state index is 0.0168. The molecular formula is C18H26N2O4. The first-order chi connectivity index (χ1) is 11.6. The first kappa shape index (κ1) is 17.0. The number of hydrogen-bond acceptors (Lipinski definition) is 5. The molecule has 2 aliphatic rings. The second-order valence-corrected chi connectivity index (χ2v) is 6.56. The average molecular weight is 334 g/mol. The van der Waals surface area contributed by atoms with E-state index in [0.717, 1.165) is 32.5 Å². The first-order valence-corrected chi connectivity index (χ1v) is 8.54. The normalized spacial score (nSPS) is 19.9. The highest BCUT2D eigenvalue weighted by Crippen LogP contribution is 2.33. The smallest absolute Gasteiger partial charge is 0.257 e. The van der Waals surface area contributed by atoms with Gasteiger partial charge >= 0.3 is 0 Å². The number of nitrogens with zero attached hydrogens (tertiary/aromatic N) is 2. The van der Waals surface area contributed by atoms with Crippen molar-refractivity contribution in [3.05, 3.63) is 23.8 Å². The lowest BCUT2D eigenvalue weighted by Gasteiger charge is -2.35. The van der Waals surface area contributed by atoms with Crippen molar-refractivity contribution in [2.75, 3.05) is 46.9 Å². The van der Waals surface area contributed by atoms with Gasteiger partial charge in [0.05, 0.1) is 25.9 Å². The first-order valence-electron chi connectivity index (χ1n) is 8.54. The van der Waals surface area contributed by atoms with Crippen LogP contribution in [0.4, 0.5) is 0 Å². The number of methoxy groups -OCH3 is 2. The molecule has 0 radical (unpaired) electrons. The van der Waals surface area contributed by atoms with Gasteiger partial charge in [-0.1, -0.05) is 0 Å². The van der Waals surface area contributed by atoms with Gasteiger partial charge in [0, 0.05) is 38.8 Å². The van der Waals surface area contributed by atoms with Crippen molar-refractivity contribution in [1.29, 1.82) is 0 Å². The highest BCUT2D eigenvalue weighted by atomic mass is 16.5. The fourth-order valence-corrected chi connectivity index (χ4v) is 3.17. The molecule has 3 rings (SSSR count). The zero-order valence-corrected chi connectivity index (χ0v) is 14.4. The van der Waals surface area contributed by atoms with Crippen LogP contribution in [0.5, 0.6) is 11.5 Å². The van der Waals surface area contributed by atoms with Crippen LogP contribution < -0.4 is 9.47 Å². The monoisotopic (exact) mass is 334 g/mol. The quantitative estimate of drug-likeness (QED) is 0.848. The summed E-state index contributed by atoms with van der Waals surface area (Å²) in [7, 11) is 3.15. The topological polar surface area (TPSA) is 62.2 Å². The molecule has 2 fully saturated rings. The van der Waals surface area contributed by atoms with Crippen LogP contribution in [0.25, 0.3) is 0 Å². The number of carbonyl (C=O) groups excluding carboxylic acids is 1. The molecule has 1 heterocycles. The number of hydrogen-bond donors (Lipinski definition) is 1. The van der Waals surface area contributed by atoms with Gasteiger partial charge in [-0.15, -0.1) is 0 Å². The highest BCUT2D eigenvalue weighted by Gasteiger charge is 2.32. The van der Waals surface area contributed by atoms with Crippen molar-refractivity contribution in [1.82, 2.24) is 9.80 Å². The Labute approximate surface area is 143 Å². The molecule has 1 N–H and O–H groups in total. The predicted octanol–water partition coefficient (Wildman–Crippen LogP) is 1.23. The van der Waals surface area contributed by atoms with Crippen LogP contribution in [-0.2, 0) is 0 Å². The van der Waals surface area contributed by atoms with Crippen molar-refractivity contribution in [2.24, 2.45) is 5.92 Å². The lowest BCUT2D eigenvalue weighted by atomic mass is 10.1. The third-order valence-corrected chi connectivity index (χ3v) is 4.91. The molecule has 0 bridgehead atoms. The van der Waals surface area contributed by atoms with Gasteiger partial charge in [-0.25, -0.2) is 0 Å². The van der Waals surface area contributed by atoms with E-state index in [9.17, 15) is 9.90 Å². The van der Waals surface area contributed by atoms with E-state index in [1.54, 1.807) is 32.4 Å². The summed E-state index contributed by atoms with van der Waals surface area (Å²) < 4.78 is 10.5. The Hall–Kier alpha value is -1.79. The number of amides is 1. The van der Waals surface area contributed by atoms with Gasteiger partial charge in [-0.3, -0.25) is 9.69 Å². The van der Waals surface area contributed by atoms with Crippen molar-refractivity contribution in [3.63, 3.8) is 0 Å². The van der Waals surface area contributed by atoms with E-state index in [1.807, 2.05) is 4.90 Å². The molecule has 132 valence electrons. The number of aliphatic hydroxyl groups excluding tert-OH is 1. The van der Waals surface area contributed by atoms with E-state index in [2.05, 4.69) is 4.90 Å². The standard InChI is InChI=1S/C18H26N2O4/c1-23-14-5-6-15(17(11-14)24-2)18(22)20-9-7-19(8-10-20)12-16(21)13-3-4-13/h5-6,11,13,16,21H,3-4,7-10,12H2,1-2H3/t16-/m1/s1. The lowest BCUT2D eigenvalue weighted by molar-refractivity contribution is 0.0486. The Balaban J connectivity index is 1.58. The molecule has 1 saturated heterocycles. The van der Waals surface area contributed by atoms with E-state index in [0.29, 0.717) is 36.1 Å². The average Bonchev–Trinajstić information content (AvgIpc) is 3.46. The number of β-amino-alcohol motifs (C(OH)–C–C–N with tert-alkyl or cyclic N) is 1. The Morgan fingerprint density at radius 3 is 2.50 bits per heavy atom. The van der Waals surface area contributed by atoms with Crippen LogP contribution in [0, 0.1) is 5.92 Å². The SMILES string of the molecule is COc1ccc(C(=O)N2CCN(C[C@@H](O)C3CC3)CC2)c(OC)c1. The number of rotatable bonds is 6. The summed E-state index contributed by atoms with van der Waals surface area (Å²) in [6, 6.07) is 5.26. The van der Waals surface area contributed by atoms with Crippen LogP contribution >= 0.6 is 0 Å². The Morgan fingerprint density at radius 1 is 1.21 bits per heavy atom.